The van der Waals surface area contributed by atoms with Gasteiger partial charge in [0.1, 0.15) is 5.82 Å². The minimum atomic E-state index is -0.492. The average molecular weight is 335 g/mol. The standard InChI is InChI=1S/C15H12BrFN2O/c16-12-2-1-3-13(17)15(12)19-14(20)9-6-10-4-7-11(18)8-5-10/h1-9H,18H2,(H,19,20)/b9-6+. The molecule has 5 heteroatoms. The van der Waals surface area contributed by atoms with Crippen LogP contribution in [0.5, 0.6) is 0 Å². The molecule has 0 aliphatic heterocycles. The number of rotatable bonds is 3. The first kappa shape index (κ1) is 14.3. The molecule has 2 aromatic carbocycles. The van der Waals surface area contributed by atoms with Gasteiger partial charge in [0.15, 0.2) is 0 Å². The van der Waals surface area contributed by atoms with Gasteiger partial charge in [0, 0.05) is 16.2 Å². The number of hydrogen-bond donors (Lipinski definition) is 2. The van der Waals surface area contributed by atoms with E-state index in [-0.39, 0.29) is 5.69 Å². The van der Waals surface area contributed by atoms with E-state index in [4.69, 9.17) is 5.73 Å². The zero-order valence-corrected chi connectivity index (χ0v) is 12.0. The Labute approximate surface area is 124 Å². The van der Waals surface area contributed by atoms with Crippen molar-refractivity contribution in [1.82, 2.24) is 0 Å². The summed E-state index contributed by atoms with van der Waals surface area (Å²) in [5, 5.41) is 2.49. The van der Waals surface area contributed by atoms with Crippen LogP contribution in [0, 0.1) is 5.82 Å². The first-order valence-corrected chi connectivity index (χ1v) is 6.64. The van der Waals surface area contributed by atoms with E-state index < -0.39 is 11.7 Å². The molecule has 0 fully saturated rings. The summed E-state index contributed by atoms with van der Waals surface area (Å²) in [6, 6.07) is 11.6. The SMILES string of the molecule is Nc1ccc(/C=C/C(=O)Nc2c(F)cccc2Br)cc1. The Morgan fingerprint density at radius 3 is 2.55 bits per heavy atom. The molecule has 3 N–H and O–H groups in total. The highest BCUT2D eigenvalue weighted by molar-refractivity contribution is 9.10. The van der Waals surface area contributed by atoms with Crippen LogP contribution in [0.3, 0.4) is 0 Å². The number of para-hydroxylation sites is 1. The molecule has 0 heterocycles. The maximum Gasteiger partial charge on any atom is 0.248 e. The minimum Gasteiger partial charge on any atom is -0.399 e. The van der Waals surface area contributed by atoms with E-state index in [2.05, 4.69) is 21.2 Å². The van der Waals surface area contributed by atoms with Crippen LogP contribution in [-0.2, 0) is 4.79 Å². The first-order chi connectivity index (χ1) is 9.56. The molecule has 0 atom stereocenters. The number of halogens is 2. The van der Waals surface area contributed by atoms with Crippen LogP contribution in [0.15, 0.2) is 53.0 Å². The molecule has 0 radical (unpaired) electrons. The third-order valence-electron chi connectivity index (χ3n) is 2.57. The van der Waals surface area contributed by atoms with Crippen molar-refractivity contribution >= 4 is 39.3 Å². The van der Waals surface area contributed by atoms with Crippen molar-refractivity contribution in [3.63, 3.8) is 0 Å². The summed E-state index contributed by atoms with van der Waals surface area (Å²) in [5.74, 6) is -0.902. The Morgan fingerprint density at radius 2 is 1.90 bits per heavy atom. The molecule has 0 unspecified atom stereocenters. The molecule has 2 aromatic rings. The van der Waals surface area contributed by atoms with Crippen molar-refractivity contribution in [3.05, 3.63) is 64.4 Å². The van der Waals surface area contributed by atoms with Crippen LogP contribution >= 0.6 is 15.9 Å². The Balaban J connectivity index is 2.07. The molecular formula is C15H12BrFN2O. The zero-order valence-electron chi connectivity index (χ0n) is 10.4. The summed E-state index contributed by atoms with van der Waals surface area (Å²) < 4.78 is 14.0. The molecular weight excluding hydrogens is 323 g/mol. The van der Waals surface area contributed by atoms with Crippen LogP contribution < -0.4 is 11.1 Å². The number of benzene rings is 2. The van der Waals surface area contributed by atoms with Gasteiger partial charge in [-0.1, -0.05) is 18.2 Å². The van der Waals surface area contributed by atoms with Crippen molar-refractivity contribution < 1.29 is 9.18 Å². The van der Waals surface area contributed by atoms with Crippen LogP contribution in [-0.4, -0.2) is 5.91 Å². The number of amides is 1. The lowest BCUT2D eigenvalue weighted by Crippen LogP contribution is -2.09. The third kappa shape index (κ3) is 3.68. The number of nitrogens with one attached hydrogen (secondary N) is 1. The predicted molar refractivity (Wildman–Crippen MR) is 82.6 cm³/mol. The second-order valence-corrected chi connectivity index (χ2v) is 4.94. The van der Waals surface area contributed by atoms with E-state index in [0.717, 1.165) is 5.56 Å². The van der Waals surface area contributed by atoms with E-state index in [1.165, 1.54) is 12.1 Å². The maximum absolute atomic E-state index is 13.5. The predicted octanol–water partition coefficient (Wildman–Crippen LogP) is 3.82. The van der Waals surface area contributed by atoms with Gasteiger partial charge in [-0.15, -0.1) is 0 Å². The number of carbonyl (C=O) groups excluding carboxylic acids is 1. The number of anilines is 2. The summed E-state index contributed by atoms with van der Waals surface area (Å²) >= 11 is 3.19. The Hall–Kier alpha value is -2.14. The van der Waals surface area contributed by atoms with Crippen LogP contribution in [0.1, 0.15) is 5.56 Å². The van der Waals surface area contributed by atoms with Gasteiger partial charge in [0.05, 0.1) is 5.69 Å². The highest BCUT2D eigenvalue weighted by Gasteiger charge is 2.08. The van der Waals surface area contributed by atoms with Gasteiger partial charge < -0.3 is 11.1 Å². The summed E-state index contributed by atoms with van der Waals surface area (Å²) in [4.78, 5) is 11.7. The Kier molecular flexibility index (Phi) is 4.53. The highest BCUT2D eigenvalue weighted by atomic mass is 79.9. The zero-order chi connectivity index (χ0) is 14.5. The molecule has 0 aromatic heterocycles. The third-order valence-corrected chi connectivity index (χ3v) is 3.24. The fraction of sp³-hybridized carbons (Fsp3) is 0. The van der Waals surface area contributed by atoms with Crippen molar-refractivity contribution in [3.8, 4) is 0 Å². The molecule has 2 rings (SSSR count). The molecule has 1 amide bonds. The largest absolute Gasteiger partial charge is 0.399 e. The number of nitrogen functional groups attached to an aromatic ring is 1. The van der Waals surface area contributed by atoms with E-state index in [9.17, 15) is 9.18 Å². The lowest BCUT2D eigenvalue weighted by Gasteiger charge is -2.06. The maximum atomic E-state index is 13.5. The molecule has 3 nitrogen and oxygen atoms in total. The number of nitrogens with two attached hydrogens (primary N) is 1. The van der Waals surface area contributed by atoms with Crippen LogP contribution in [0.2, 0.25) is 0 Å². The summed E-state index contributed by atoms with van der Waals surface area (Å²) in [5.41, 5.74) is 7.18. The Bertz CT molecular complexity index is 633. The molecule has 102 valence electrons. The van der Waals surface area contributed by atoms with Crippen LogP contribution in [0.25, 0.3) is 6.08 Å². The van der Waals surface area contributed by atoms with E-state index in [1.807, 2.05) is 0 Å². The van der Waals surface area contributed by atoms with Crippen molar-refractivity contribution in [2.45, 2.75) is 0 Å². The van der Waals surface area contributed by atoms with Crippen molar-refractivity contribution in [2.24, 2.45) is 0 Å². The monoisotopic (exact) mass is 334 g/mol. The minimum absolute atomic E-state index is 0.124. The van der Waals surface area contributed by atoms with Gasteiger partial charge in [0.25, 0.3) is 0 Å². The molecule has 0 aliphatic carbocycles. The normalized spacial score (nSPS) is 10.7. The van der Waals surface area contributed by atoms with Gasteiger partial charge >= 0.3 is 0 Å². The molecule has 0 saturated heterocycles. The Morgan fingerprint density at radius 1 is 1.20 bits per heavy atom. The van der Waals surface area contributed by atoms with Crippen LogP contribution in [0.4, 0.5) is 15.8 Å². The molecule has 0 saturated carbocycles. The van der Waals surface area contributed by atoms with Gasteiger partial charge in [-0.05, 0) is 51.8 Å². The molecule has 0 bridgehead atoms. The van der Waals surface area contributed by atoms with Crippen molar-refractivity contribution in [1.29, 1.82) is 0 Å². The number of hydrogen-bond acceptors (Lipinski definition) is 2. The number of carbonyl (C=O) groups is 1. The molecule has 0 spiro atoms. The molecule has 20 heavy (non-hydrogen) atoms. The van der Waals surface area contributed by atoms with Gasteiger partial charge in [0.2, 0.25) is 5.91 Å². The fourth-order valence-electron chi connectivity index (χ4n) is 1.56. The fourth-order valence-corrected chi connectivity index (χ4v) is 2.00. The summed E-state index contributed by atoms with van der Waals surface area (Å²) in [7, 11) is 0. The van der Waals surface area contributed by atoms with Gasteiger partial charge in [-0.3, -0.25) is 4.79 Å². The van der Waals surface area contributed by atoms with Gasteiger partial charge in [-0.2, -0.15) is 0 Å². The summed E-state index contributed by atoms with van der Waals surface area (Å²) in [6.07, 6.45) is 2.97. The quantitative estimate of drug-likeness (QED) is 0.662. The smallest absolute Gasteiger partial charge is 0.248 e. The van der Waals surface area contributed by atoms with E-state index in [0.29, 0.717) is 10.2 Å². The van der Waals surface area contributed by atoms with E-state index in [1.54, 1.807) is 42.5 Å². The topological polar surface area (TPSA) is 55.1 Å². The lowest BCUT2D eigenvalue weighted by molar-refractivity contribution is -0.111. The highest BCUT2D eigenvalue weighted by Crippen LogP contribution is 2.25. The van der Waals surface area contributed by atoms with E-state index >= 15 is 0 Å². The first-order valence-electron chi connectivity index (χ1n) is 5.85. The van der Waals surface area contributed by atoms with Crippen molar-refractivity contribution in [2.75, 3.05) is 11.1 Å². The molecule has 0 aliphatic rings. The summed E-state index contributed by atoms with van der Waals surface area (Å²) in [6.45, 7) is 0. The lowest BCUT2D eigenvalue weighted by atomic mass is 10.2. The van der Waals surface area contributed by atoms with Gasteiger partial charge in [-0.25, -0.2) is 4.39 Å². The second-order valence-electron chi connectivity index (χ2n) is 4.09. The average Bonchev–Trinajstić information content (AvgIpc) is 2.42. The second kappa shape index (κ2) is 6.34.